The Morgan fingerprint density at radius 3 is 2.35 bits per heavy atom. The summed E-state index contributed by atoms with van der Waals surface area (Å²) in [6.07, 6.45) is 3.92. The number of ether oxygens (including phenoxy) is 1. The van der Waals surface area contributed by atoms with E-state index in [1.165, 1.54) is 6.08 Å². The van der Waals surface area contributed by atoms with Crippen LogP contribution in [0.1, 0.15) is 24.8 Å². The van der Waals surface area contributed by atoms with Crippen molar-refractivity contribution >= 4 is 40.7 Å². The van der Waals surface area contributed by atoms with Crippen molar-refractivity contribution < 1.29 is 14.3 Å². The van der Waals surface area contributed by atoms with Gasteiger partial charge in [0, 0.05) is 37.3 Å². The molecule has 0 saturated carbocycles. The van der Waals surface area contributed by atoms with Gasteiger partial charge in [-0.2, -0.15) is 0 Å². The standard InChI is InChI=1S/C27H29Cl2N5O3/c1-2-23(35)34-13-10-16(11-14-34)22-9-12-32-27(33-22)24(26(31)36)25(30)17-3-5-18(6-4-17)37-19-7-8-20(28)21(29)15-19/h2-8,15-16,22,30,32-33H,1,9-14H2,(H2,31,36)/b27-24+,30-25?. The predicted octanol–water partition coefficient (Wildman–Crippen LogP) is 4.23. The average Bonchev–Trinajstić information content (AvgIpc) is 2.91. The Hall–Kier alpha value is -3.49. The van der Waals surface area contributed by atoms with E-state index in [-0.39, 0.29) is 23.2 Å². The lowest BCUT2D eigenvalue weighted by molar-refractivity contribution is -0.127. The summed E-state index contributed by atoms with van der Waals surface area (Å²) in [6.45, 7) is 5.57. The lowest BCUT2D eigenvalue weighted by atomic mass is 9.86. The van der Waals surface area contributed by atoms with Gasteiger partial charge in [0.25, 0.3) is 5.91 Å². The molecule has 2 heterocycles. The van der Waals surface area contributed by atoms with Crippen LogP contribution in [0.15, 0.2) is 66.5 Å². The normalized spacial score (nSPS) is 19.3. The number of nitrogens with one attached hydrogen (secondary N) is 3. The third-order valence-corrected chi connectivity index (χ3v) is 7.44. The molecule has 2 saturated heterocycles. The zero-order valence-corrected chi connectivity index (χ0v) is 21.7. The fraction of sp³-hybridized carbons (Fsp3) is 0.296. The zero-order chi connectivity index (χ0) is 26.5. The highest BCUT2D eigenvalue weighted by Gasteiger charge is 2.31. The van der Waals surface area contributed by atoms with Gasteiger partial charge in [-0.25, -0.2) is 0 Å². The Morgan fingerprint density at radius 1 is 1.05 bits per heavy atom. The second kappa shape index (κ2) is 11.7. The summed E-state index contributed by atoms with van der Waals surface area (Å²) in [5.41, 5.74) is 6.36. The van der Waals surface area contributed by atoms with Crippen LogP contribution in [0, 0.1) is 11.3 Å². The van der Waals surface area contributed by atoms with Crippen molar-refractivity contribution in [3.05, 3.63) is 82.1 Å². The van der Waals surface area contributed by atoms with Gasteiger partial charge in [-0.3, -0.25) is 15.0 Å². The molecule has 0 radical (unpaired) electrons. The summed E-state index contributed by atoms with van der Waals surface area (Å²) in [6, 6.07) is 11.9. The van der Waals surface area contributed by atoms with E-state index < -0.39 is 5.91 Å². The van der Waals surface area contributed by atoms with Crippen LogP contribution in [-0.2, 0) is 9.59 Å². The second-order valence-corrected chi connectivity index (χ2v) is 9.84. The van der Waals surface area contributed by atoms with Gasteiger partial charge >= 0.3 is 0 Å². The summed E-state index contributed by atoms with van der Waals surface area (Å²) in [5.74, 6) is 1.14. The average molecular weight is 542 g/mol. The second-order valence-electron chi connectivity index (χ2n) is 9.02. The van der Waals surface area contributed by atoms with Crippen LogP contribution < -0.4 is 21.1 Å². The lowest BCUT2D eigenvalue weighted by Gasteiger charge is -2.39. The molecule has 5 N–H and O–H groups in total. The Kier molecular flexibility index (Phi) is 8.41. The molecule has 2 aliphatic rings. The van der Waals surface area contributed by atoms with E-state index in [9.17, 15) is 9.59 Å². The molecule has 8 nitrogen and oxygen atoms in total. The lowest BCUT2D eigenvalue weighted by Crippen LogP contribution is -2.51. The van der Waals surface area contributed by atoms with Crippen molar-refractivity contribution in [2.24, 2.45) is 11.7 Å². The van der Waals surface area contributed by atoms with Gasteiger partial charge in [-0.15, -0.1) is 0 Å². The van der Waals surface area contributed by atoms with Crippen LogP contribution in [-0.4, -0.2) is 48.1 Å². The molecule has 0 aliphatic carbocycles. The summed E-state index contributed by atoms with van der Waals surface area (Å²) in [5, 5.41) is 16.2. The van der Waals surface area contributed by atoms with E-state index in [1.807, 2.05) is 0 Å². The first kappa shape index (κ1) is 26.6. The molecular weight excluding hydrogens is 513 g/mol. The number of piperidine rings is 1. The fourth-order valence-electron chi connectivity index (χ4n) is 4.71. The Bertz CT molecular complexity index is 1240. The van der Waals surface area contributed by atoms with Gasteiger partial charge in [0.1, 0.15) is 22.9 Å². The Labute approximate surface area is 225 Å². The van der Waals surface area contributed by atoms with E-state index in [2.05, 4.69) is 17.2 Å². The van der Waals surface area contributed by atoms with Crippen LogP contribution in [0.25, 0.3) is 0 Å². The number of hydrogen-bond acceptors (Lipinski definition) is 6. The van der Waals surface area contributed by atoms with Crippen molar-refractivity contribution in [1.29, 1.82) is 5.41 Å². The monoisotopic (exact) mass is 541 g/mol. The Morgan fingerprint density at radius 2 is 1.73 bits per heavy atom. The maximum atomic E-state index is 12.5. The number of hydrogen-bond donors (Lipinski definition) is 4. The maximum absolute atomic E-state index is 12.5. The highest BCUT2D eigenvalue weighted by molar-refractivity contribution is 6.42. The first-order valence-corrected chi connectivity index (χ1v) is 12.8. The zero-order valence-electron chi connectivity index (χ0n) is 20.2. The number of amides is 2. The van der Waals surface area contributed by atoms with Crippen molar-refractivity contribution in [1.82, 2.24) is 15.5 Å². The summed E-state index contributed by atoms with van der Waals surface area (Å²) in [4.78, 5) is 26.2. The molecule has 2 aromatic carbocycles. The molecule has 37 heavy (non-hydrogen) atoms. The largest absolute Gasteiger partial charge is 0.457 e. The van der Waals surface area contributed by atoms with E-state index in [0.717, 1.165) is 19.3 Å². The molecule has 2 amide bonds. The first-order chi connectivity index (χ1) is 17.8. The minimum absolute atomic E-state index is 0.00985. The number of primary amides is 1. The van der Waals surface area contributed by atoms with E-state index in [0.29, 0.717) is 58.5 Å². The van der Waals surface area contributed by atoms with Crippen molar-refractivity contribution in [2.75, 3.05) is 19.6 Å². The smallest absolute Gasteiger partial charge is 0.254 e. The third-order valence-electron chi connectivity index (χ3n) is 6.70. The number of benzene rings is 2. The summed E-state index contributed by atoms with van der Waals surface area (Å²) < 4.78 is 5.81. The van der Waals surface area contributed by atoms with Crippen molar-refractivity contribution in [2.45, 2.75) is 25.3 Å². The number of nitrogens with zero attached hydrogens (tertiary/aromatic N) is 1. The van der Waals surface area contributed by atoms with Gasteiger partial charge in [-0.1, -0.05) is 29.8 Å². The molecule has 0 aromatic heterocycles. The number of halogens is 2. The third kappa shape index (κ3) is 6.26. The minimum atomic E-state index is -0.691. The number of carbonyl (C=O) groups is 2. The van der Waals surface area contributed by atoms with Crippen LogP contribution in [0.5, 0.6) is 11.5 Å². The highest BCUT2D eigenvalue weighted by Crippen LogP contribution is 2.30. The summed E-state index contributed by atoms with van der Waals surface area (Å²) in [7, 11) is 0. The molecule has 2 fully saturated rings. The molecular formula is C27H29Cl2N5O3. The van der Waals surface area contributed by atoms with Crippen LogP contribution in [0.4, 0.5) is 0 Å². The number of nitrogens with two attached hydrogens (primary N) is 1. The number of carbonyl (C=O) groups excluding carboxylic acids is 2. The van der Waals surface area contributed by atoms with Crippen LogP contribution in [0.2, 0.25) is 10.0 Å². The van der Waals surface area contributed by atoms with Gasteiger partial charge in [-0.05, 0) is 67.7 Å². The molecule has 0 spiro atoms. The van der Waals surface area contributed by atoms with Crippen molar-refractivity contribution in [3.63, 3.8) is 0 Å². The van der Waals surface area contributed by atoms with E-state index >= 15 is 0 Å². The van der Waals surface area contributed by atoms with Crippen molar-refractivity contribution in [3.8, 4) is 11.5 Å². The highest BCUT2D eigenvalue weighted by atomic mass is 35.5. The van der Waals surface area contributed by atoms with Gasteiger partial charge < -0.3 is 26.0 Å². The predicted molar refractivity (Wildman–Crippen MR) is 145 cm³/mol. The number of likely N-dealkylation sites (tertiary alicyclic amines) is 1. The van der Waals surface area contributed by atoms with Gasteiger partial charge in [0.2, 0.25) is 5.91 Å². The molecule has 194 valence electrons. The minimum Gasteiger partial charge on any atom is -0.457 e. The van der Waals surface area contributed by atoms with E-state index in [1.54, 1.807) is 47.4 Å². The van der Waals surface area contributed by atoms with Gasteiger partial charge in [0.15, 0.2) is 0 Å². The van der Waals surface area contributed by atoms with Gasteiger partial charge in [0.05, 0.1) is 15.8 Å². The molecule has 2 aromatic rings. The summed E-state index contributed by atoms with van der Waals surface area (Å²) >= 11 is 12.0. The maximum Gasteiger partial charge on any atom is 0.254 e. The van der Waals surface area contributed by atoms with Crippen LogP contribution in [0.3, 0.4) is 0 Å². The molecule has 4 rings (SSSR count). The quantitative estimate of drug-likeness (QED) is 0.309. The molecule has 0 bridgehead atoms. The fourth-order valence-corrected chi connectivity index (χ4v) is 5.00. The molecule has 1 atom stereocenters. The molecule has 1 unspecified atom stereocenters. The first-order valence-electron chi connectivity index (χ1n) is 12.0. The SMILES string of the molecule is C=CC(=O)N1CCC(C2CCN/C(=C(/C(=N)c3ccc(Oc4ccc(Cl)c(Cl)c4)cc3)C(N)=O)N2)CC1. The number of rotatable bonds is 7. The molecule has 10 heteroatoms. The molecule has 2 aliphatic heterocycles. The van der Waals surface area contributed by atoms with E-state index in [4.69, 9.17) is 39.1 Å². The topological polar surface area (TPSA) is 121 Å². The van der Waals surface area contributed by atoms with Crippen LogP contribution >= 0.6 is 23.2 Å². The Balaban J connectivity index is 1.47.